The van der Waals surface area contributed by atoms with E-state index in [2.05, 4.69) is 10.6 Å². The van der Waals surface area contributed by atoms with Crippen molar-refractivity contribution in [1.29, 1.82) is 0 Å². The van der Waals surface area contributed by atoms with E-state index in [0.717, 1.165) is 5.56 Å². The summed E-state index contributed by atoms with van der Waals surface area (Å²) >= 11 is 12.3. The van der Waals surface area contributed by atoms with Crippen LogP contribution >= 0.6 is 23.2 Å². The molecule has 10 heteroatoms. The molecule has 1 saturated carbocycles. The van der Waals surface area contributed by atoms with E-state index in [4.69, 9.17) is 32.7 Å². The Morgan fingerprint density at radius 2 is 1.59 bits per heavy atom. The summed E-state index contributed by atoms with van der Waals surface area (Å²) in [7, 11) is 1.26. The number of anilines is 1. The van der Waals surface area contributed by atoms with Crippen LogP contribution in [0.3, 0.4) is 0 Å². The van der Waals surface area contributed by atoms with Crippen LogP contribution in [-0.4, -0.2) is 42.5 Å². The van der Waals surface area contributed by atoms with Gasteiger partial charge < -0.3 is 20.1 Å². The number of carbonyl (C=O) groups excluding carboxylic acids is 4. The summed E-state index contributed by atoms with van der Waals surface area (Å²) in [6.45, 7) is 11.1. The molecule has 2 amide bonds. The van der Waals surface area contributed by atoms with Gasteiger partial charge in [-0.3, -0.25) is 14.4 Å². The Kier molecular flexibility index (Phi) is 9.81. The van der Waals surface area contributed by atoms with E-state index in [1.807, 2.05) is 41.5 Å². The van der Waals surface area contributed by atoms with Gasteiger partial charge in [-0.15, -0.1) is 0 Å². The zero-order valence-electron chi connectivity index (χ0n) is 24.5. The quantitative estimate of drug-likeness (QED) is 0.345. The van der Waals surface area contributed by atoms with Crippen molar-refractivity contribution in [2.45, 2.75) is 72.4 Å². The molecule has 1 aliphatic carbocycles. The molecule has 2 aromatic carbocycles. The highest BCUT2D eigenvalue weighted by atomic mass is 35.5. The number of halogens is 2. The summed E-state index contributed by atoms with van der Waals surface area (Å²) < 4.78 is 10.7. The van der Waals surface area contributed by atoms with E-state index in [9.17, 15) is 19.2 Å². The number of amides is 2. The number of carbonyl (C=O) groups is 4. The van der Waals surface area contributed by atoms with Gasteiger partial charge in [0, 0.05) is 18.0 Å². The fourth-order valence-corrected chi connectivity index (χ4v) is 5.76. The normalized spacial score (nSPS) is 20.6. The van der Waals surface area contributed by atoms with E-state index in [-0.39, 0.29) is 33.9 Å². The topological polar surface area (TPSA) is 111 Å². The Morgan fingerprint density at radius 3 is 2.12 bits per heavy atom. The summed E-state index contributed by atoms with van der Waals surface area (Å²) in [6, 6.07) is 10.7. The summed E-state index contributed by atoms with van der Waals surface area (Å²) in [5.41, 5.74) is -0.818. The zero-order valence-corrected chi connectivity index (χ0v) is 26.0. The fourth-order valence-electron chi connectivity index (χ4n) is 5.19. The van der Waals surface area contributed by atoms with E-state index in [1.54, 1.807) is 42.5 Å². The van der Waals surface area contributed by atoms with Gasteiger partial charge in [-0.05, 0) is 75.8 Å². The highest BCUT2D eigenvalue weighted by molar-refractivity contribution is 6.40. The summed E-state index contributed by atoms with van der Waals surface area (Å²) in [5.74, 6) is -2.21. The molecule has 8 nitrogen and oxygen atoms in total. The molecule has 222 valence electrons. The first-order chi connectivity index (χ1) is 19.0. The number of benzene rings is 2. The largest absolute Gasteiger partial charge is 0.467 e. The van der Waals surface area contributed by atoms with Gasteiger partial charge in [0.25, 0.3) is 5.91 Å². The highest BCUT2D eigenvalue weighted by Crippen LogP contribution is 2.57. The van der Waals surface area contributed by atoms with Crippen LogP contribution in [-0.2, 0) is 30.3 Å². The minimum Gasteiger partial charge on any atom is -0.467 e. The van der Waals surface area contributed by atoms with Crippen LogP contribution in [0.1, 0.15) is 70.3 Å². The third-order valence-corrected chi connectivity index (χ3v) is 8.67. The van der Waals surface area contributed by atoms with Gasteiger partial charge >= 0.3 is 11.9 Å². The van der Waals surface area contributed by atoms with Gasteiger partial charge in [0.05, 0.1) is 28.1 Å². The number of methoxy groups -OCH3 is 1. The second kappa shape index (κ2) is 12.4. The van der Waals surface area contributed by atoms with Crippen LogP contribution in [0.25, 0.3) is 0 Å². The predicted octanol–water partition coefficient (Wildman–Crippen LogP) is 6.23. The molecule has 2 N–H and O–H groups in total. The van der Waals surface area contributed by atoms with Crippen molar-refractivity contribution in [2.24, 2.45) is 16.7 Å². The van der Waals surface area contributed by atoms with E-state index in [1.165, 1.54) is 7.11 Å². The number of hydrogen-bond acceptors (Lipinski definition) is 6. The number of esters is 2. The molecule has 41 heavy (non-hydrogen) atoms. The maximum atomic E-state index is 13.5. The first-order valence-corrected chi connectivity index (χ1v) is 14.2. The summed E-state index contributed by atoms with van der Waals surface area (Å²) in [6.07, 6.45) is 1.13. The zero-order chi connectivity index (χ0) is 30.8. The Hall–Kier alpha value is -3.10. The Morgan fingerprint density at radius 1 is 1.00 bits per heavy atom. The SMILES string of the molecule is COC(=O)C(Cc1ccc(NC(=O)c2c(Cl)cccc2Cl)cc1)NC(=O)[C@H]1CC[C@@](C)(C(=O)OC(C)(C)C)C1(C)C. The number of ether oxygens (including phenoxy) is 2. The lowest BCUT2D eigenvalue weighted by Crippen LogP contribution is -2.51. The van der Waals surface area contributed by atoms with E-state index < -0.39 is 40.3 Å². The summed E-state index contributed by atoms with van der Waals surface area (Å²) in [4.78, 5) is 52.0. The monoisotopic (exact) mass is 604 g/mol. The molecular weight excluding hydrogens is 567 g/mol. The fraction of sp³-hybridized carbons (Fsp3) is 0.484. The van der Waals surface area contributed by atoms with Crippen LogP contribution < -0.4 is 10.6 Å². The van der Waals surface area contributed by atoms with E-state index >= 15 is 0 Å². The number of hydrogen-bond donors (Lipinski definition) is 2. The summed E-state index contributed by atoms with van der Waals surface area (Å²) in [5, 5.41) is 6.08. The molecule has 2 aromatic rings. The molecule has 1 aliphatic rings. The molecule has 1 fully saturated rings. The maximum Gasteiger partial charge on any atom is 0.328 e. The van der Waals surface area contributed by atoms with Gasteiger partial charge in [0.15, 0.2) is 0 Å². The van der Waals surface area contributed by atoms with Crippen LogP contribution in [0.15, 0.2) is 42.5 Å². The molecule has 0 radical (unpaired) electrons. The van der Waals surface area contributed by atoms with E-state index in [0.29, 0.717) is 18.5 Å². The van der Waals surface area contributed by atoms with Crippen molar-refractivity contribution in [3.8, 4) is 0 Å². The molecule has 3 atom stereocenters. The van der Waals surface area contributed by atoms with Gasteiger partial charge in [-0.2, -0.15) is 0 Å². The Bertz CT molecular complexity index is 1300. The second-order valence-corrected chi connectivity index (χ2v) is 13.0. The molecular formula is C31H38Cl2N2O6. The average molecular weight is 606 g/mol. The van der Waals surface area contributed by atoms with Crippen molar-refractivity contribution >= 4 is 52.6 Å². The van der Waals surface area contributed by atoms with Crippen LogP contribution in [0.5, 0.6) is 0 Å². The highest BCUT2D eigenvalue weighted by Gasteiger charge is 2.59. The van der Waals surface area contributed by atoms with Crippen molar-refractivity contribution in [3.63, 3.8) is 0 Å². The minimum atomic E-state index is -0.945. The standard InChI is InChI=1S/C31H38Cl2N2O6/c1-29(2,3)41-28(39)31(6)16-15-20(30(31,4)5)25(36)35-23(27(38)40-7)17-18-11-13-19(14-12-18)34-26(37)24-21(32)9-8-10-22(24)33/h8-14,20,23H,15-17H2,1-7H3,(H,34,37)(H,35,36)/t20-,23?,31+/m1/s1. The average Bonchev–Trinajstić information content (AvgIpc) is 3.12. The smallest absolute Gasteiger partial charge is 0.328 e. The molecule has 0 saturated heterocycles. The number of rotatable bonds is 8. The van der Waals surface area contributed by atoms with Crippen molar-refractivity contribution in [2.75, 3.05) is 12.4 Å². The van der Waals surface area contributed by atoms with Crippen LogP contribution in [0, 0.1) is 16.7 Å². The van der Waals surface area contributed by atoms with Gasteiger partial charge in [0.1, 0.15) is 11.6 Å². The molecule has 0 aliphatic heterocycles. The first kappa shape index (κ1) is 32.4. The Labute approximate surface area is 251 Å². The molecule has 3 rings (SSSR count). The lowest BCUT2D eigenvalue weighted by Gasteiger charge is -2.40. The number of nitrogens with one attached hydrogen (secondary N) is 2. The van der Waals surface area contributed by atoms with Gasteiger partial charge in [-0.25, -0.2) is 4.79 Å². The first-order valence-electron chi connectivity index (χ1n) is 13.5. The maximum absolute atomic E-state index is 13.5. The third-order valence-electron chi connectivity index (χ3n) is 8.04. The molecule has 0 spiro atoms. The van der Waals surface area contributed by atoms with Gasteiger partial charge in [0.2, 0.25) is 5.91 Å². The molecule has 0 heterocycles. The molecule has 1 unspecified atom stereocenters. The lowest BCUT2D eigenvalue weighted by molar-refractivity contribution is -0.173. The predicted molar refractivity (Wildman–Crippen MR) is 159 cm³/mol. The van der Waals surface area contributed by atoms with Crippen molar-refractivity contribution in [3.05, 3.63) is 63.6 Å². The Balaban J connectivity index is 1.71. The van der Waals surface area contributed by atoms with Crippen LogP contribution in [0.2, 0.25) is 10.0 Å². The molecule has 0 aromatic heterocycles. The van der Waals surface area contributed by atoms with Crippen molar-refractivity contribution in [1.82, 2.24) is 5.32 Å². The second-order valence-electron chi connectivity index (χ2n) is 12.2. The van der Waals surface area contributed by atoms with Crippen molar-refractivity contribution < 1.29 is 28.7 Å². The minimum absolute atomic E-state index is 0.166. The molecule has 0 bridgehead atoms. The van der Waals surface area contributed by atoms with Crippen LogP contribution in [0.4, 0.5) is 5.69 Å². The lowest BCUT2D eigenvalue weighted by atomic mass is 9.65. The van der Waals surface area contributed by atoms with Gasteiger partial charge in [-0.1, -0.05) is 55.2 Å². The third kappa shape index (κ3) is 7.22.